The molecule has 1 aromatic rings. The van der Waals surface area contributed by atoms with E-state index in [0.29, 0.717) is 11.3 Å². The molecular weight excluding hydrogens is 233 g/mol. The van der Waals surface area contributed by atoms with Crippen LogP contribution in [0, 0.1) is 5.82 Å². The van der Waals surface area contributed by atoms with E-state index in [9.17, 15) is 14.3 Å². The van der Waals surface area contributed by atoms with E-state index in [1.807, 2.05) is 0 Å². The van der Waals surface area contributed by atoms with Gasteiger partial charge >= 0.3 is 5.97 Å². The second-order valence-electron chi connectivity index (χ2n) is 3.51. The minimum Gasteiger partial charge on any atom is -0.508 e. The topological polar surface area (TPSA) is 69.6 Å². The van der Waals surface area contributed by atoms with E-state index in [1.165, 1.54) is 23.9 Å². The number of halogens is 1. The highest BCUT2D eigenvalue weighted by atomic mass is 32.2. The summed E-state index contributed by atoms with van der Waals surface area (Å²) in [5.41, 5.74) is 0.547. The first kappa shape index (κ1) is 11.2. The third-order valence-corrected chi connectivity index (χ3v) is 3.56. The van der Waals surface area contributed by atoms with E-state index in [4.69, 9.17) is 5.11 Å². The van der Waals surface area contributed by atoms with Crippen molar-refractivity contribution in [1.82, 2.24) is 5.32 Å². The first-order chi connectivity index (χ1) is 7.56. The van der Waals surface area contributed by atoms with Gasteiger partial charge in [0, 0.05) is 11.8 Å². The molecule has 0 saturated carbocycles. The second-order valence-corrected chi connectivity index (χ2v) is 4.65. The fraction of sp³-hybridized carbons (Fsp3) is 0.300. The number of carboxylic acid groups (broad SMARTS) is 1. The lowest BCUT2D eigenvalue weighted by atomic mass is 10.2. The minimum atomic E-state index is -0.921. The van der Waals surface area contributed by atoms with Crippen molar-refractivity contribution in [2.24, 2.45) is 0 Å². The van der Waals surface area contributed by atoms with Gasteiger partial charge in [0.2, 0.25) is 0 Å². The number of benzene rings is 1. The van der Waals surface area contributed by atoms with Crippen LogP contribution in [0.3, 0.4) is 0 Å². The molecule has 1 fully saturated rings. The molecule has 1 unspecified atom stereocenters. The molecule has 0 radical (unpaired) electrons. The number of thioether (sulfide) groups is 1. The Kier molecular flexibility index (Phi) is 3.02. The van der Waals surface area contributed by atoms with E-state index < -0.39 is 17.8 Å². The van der Waals surface area contributed by atoms with Crippen LogP contribution in [0.15, 0.2) is 18.2 Å². The van der Waals surface area contributed by atoms with Gasteiger partial charge in [0.05, 0.1) is 5.37 Å². The zero-order valence-corrected chi connectivity index (χ0v) is 9.00. The Morgan fingerprint density at radius 3 is 2.81 bits per heavy atom. The van der Waals surface area contributed by atoms with Crippen molar-refractivity contribution in [3.05, 3.63) is 29.6 Å². The van der Waals surface area contributed by atoms with Crippen molar-refractivity contribution in [2.75, 3.05) is 5.75 Å². The summed E-state index contributed by atoms with van der Waals surface area (Å²) >= 11 is 1.38. The van der Waals surface area contributed by atoms with Crippen LogP contribution in [-0.2, 0) is 4.79 Å². The van der Waals surface area contributed by atoms with Crippen molar-refractivity contribution >= 4 is 17.7 Å². The summed E-state index contributed by atoms with van der Waals surface area (Å²) in [7, 11) is 0. The lowest BCUT2D eigenvalue weighted by Crippen LogP contribution is -2.33. The monoisotopic (exact) mass is 243 g/mol. The maximum atomic E-state index is 13.0. The molecule has 16 heavy (non-hydrogen) atoms. The molecule has 1 aliphatic rings. The fourth-order valence-electron chi connectivity index (χ4n) is 1.55. The molecule has 4 nitrogen and oxygen atoms in total. The number of hydrogen-bond donors (Lipinski definition) is 3. The van der Waals surface area contributed by atoms with Crippen LogP contribution in [-0.4, -0.2) is 28.0 Å². The van der Waals surface area contributed by atoms with Crippen LogP contribution in [0.2, 0.25) is 0 Å². The van der Waals surface area contributed by atoms with Crippen LogP contribution in [0.5, 0.6) is 5.75 Å². The molecule has 86 valence electrons. The Bertz CT molecular complexity index is 406. The Balaban J connectivity index is 2.17. The third kappa shape index (κ3) is 2.28. The predicted molar refractivity (Wildman–Crippen MR) is 57.8 cm³/mol. The predicted octanol–water partition coefficient (Wildman–Crippen LogP) is 1.32. The molecule has 0 aliphatic carbocycles. The summed E-state index contributed by atoms with van der Waals surface area (Å²) in [5.74, 6) is -1.18. The summed E-state index contributed by atoms with van der Waals surface area (Å²) in [6.07, 6.45) is 0. The molecule has 1 aliphatic heterocycles. The molecule has 1 heterocycles. The number of aliphatic carboxylic acids is 1. The summed E-state index contributed by atoms with van der Waals surface area (Å²) in [4.78, 5) is 10.7. The van der Waals surface area contributed by atoms with Crippen molar-refractivity contribution in [1.29, 1.82) is 0 Å². The summed E-state index contributed by atoms with van der Waals surface area (Å²) in [6, 6.07) is 3.10. The largest absolute Gasteiger partial charge is 0.508 e. The van der Waals surface area contributed by atoms with Gasteiger partial charge in [-0.1, -0.05) is 0 Å². The lowest BCUT2D eigenvalue weighted by Gasteiger charge is -2.11. The zero-order chi connectivity index (χ0) is 11.7. The lowest BCUT2D eigenvalue weighted by molar-refractivity contribution is -0.138. The molecule has 2 rings (SSSR count). The van der Waals surface area contributed by atoms with Gasteiger partial charge in [-0.05, 0) is 17.7 Å². The van der Waals surface area contributed by atoms with E-state index >= 15 is 0 Å². The molecule has 0 spiro atoms. The Morgan fingerprint density at radius 1 is 1.50 bits per heavy atom. The molecule has 2 atom stereocenters. The van der Waals surface area contributed by atoms with Crippen LogP contribution in [0.4, 0.5) is 4.39 Å². The van der Waals surface area contributed by atoms with Gasteiger partial charge in [0.25, 0.3) is 0 Å². The van der Waals surface area contributed by atoms with Crippen molar-refractivity contribution in [3.63, 3.8) is 0 Å². The van der Waals surface area contributed by atoms with Crippen molar-refractivity contribution in [2.45, 2.75) is 11.4 Å². The average Bonchev–Trinajstić information content (AvgIpc) is 2.64. The number of nitrogens with one attached hydrogen (secondary N) is 1. The van der Waals surface area contributed by atoms with Crippen LogP contribution >= 0.6 is 11.8 Å². The highest BCUT2D eigenvalue weighted by Gasteiger charge is 2.30. The van der Waals surface area contributed by atoms with Gasteiger partial charge in [-0.25, -0.2) is 4.39 Å². The number of rotatable bonds is 2. The maximum Gasteiger partial charge on any atom is 0.321 e. The Hall–Kier alpha value is -1.27. The maximum absolute atomic E-state index is 13.0. The molecular formula is C10H10FNO3S. The van der Waals surface area contributed by atoms with Gasteiger partial charge in [0.1, 0.15) is 17.6 Å². The number of hydrogen-bond acceptors (Lipinski definition) is 4. The number of carboxylic acids is 1. The summed E-state index contributed by atoms with van der Waals surface area (Å²) < 4.78 is 13.0. The zero-order valence-electron chi connectivity index (χ0n) is 8.18. The quantitative estimate of drug-likeness (QED) is 0.731. The number of phenols is 1. The number of aromatic hydroxyl groups is 1. The van der Waals surface area contributed by atoms with Crippen LogP contribution in [0.25, 0.3) is 0 Å². The van der Waals surface area contributed by atoms with E-state index in [0.717, 1.165) is 6.07 Å². The van der Waals surface area contributed by atoms with E-state index in [-0.39, 0.29) is 11.1 Å². The SMILES string of the molecule is O=C(O)[C@@H]1CSC(c2cc(O)cc(F)c2)N1. The standard InChI is InChI=1S/C10H10FNO3S/c11-6-1-5(2-7(13)3-6)9-12-8(4-16-9)10(14)15/h1-3,8-9,12-13H,4H2,(H,14,15)/t8-,9?/m0/s1. The van der Waals surface area contributed by atoms with Crippen LogP contribution in [0.1, 0.15) is 10.9 Å². The summed E-state index contributed by atoms with van der Waals surface area (Å²) in [5, 5.41) is 20.6. The molecule has 1 saturated heterocycles. The normalized spacial score (nSPS) is 24.6. The minimum absolute atomic E-state index is 0.156. The van der Waals surface area contributed by atoms with Crippen molar-refractivity contribution < 1.29 is 19.4 Å². The van der Waals surface area contributed by atoms with Gasteiger partial charge in [-0.2, -0.15) is 0 Å². The molecule has 0 aromatic heterocycles. The Morgan fingerprint density at radius 2 is 2.25 bits per heavy atom. The van der Waals surface area contributed by atoms with Gasteiger partial charge in [-0.3, -0.25) is 10.1 Å². The molecule has 1 aromatic carbocycles. The second kappa shape index (κ2) is 4.31. The Labute approximate surface area is 95.5 Å². The molecule has 3 N–H and O–H groups in total. The molecule has 6 heteroatoms. The fourth-order valence-corrected chi connectivity index (χ4v) is 2.77. The van der Waals surface area contributed by atoms with Gasteiger partial charge in [-0.15, -0.1) is 11.8 Å². The average molecular weight is 243 g/mol. The third-order valence-electron chi connectivity index (χ3n) is 2.29. The highest BCUT2D eigenvalue weighted by molar-refractivity contribution is 7.99. The van der Waals surface area contributed by atoms with Crippen molar-refractivity contribution in [3.8, 4) is 5.75 Å². The van der Waals surface area contributed by atoms with Crippen LogP contribution < -0.4 is 5.32 Å². The van der Waals surface area contributed by atoms with Gasteiger partial charge in [0.15, 0.2) is 0 Å². The first-order valence-corrected chi connectivity index (χ1v) is 5.71. The van der Waals surface area contributed by atoms with E-state index in [1.54, 1.807) is 0 Å². The van der Waals surface area contributed by atoms with E-state index in [2.05, 4.69) is 5.32 Å². The smallest absolute Gasteiger partial charge is 0.321 e. The van der Waals surface area contributed by atoms with Gasteiger partial charge < -0.3 is 10.2 Å². The highest BCUT2D eigenvalue weighted by Crippen LogP contribution is 2.34. The molecule has 0 bridgehead atoms. The number of phenolic OH excluding ortho intramolecular Hbond substituents is 1. The number of carbonyl (C=O) groups is 1. The first-order valence-electron chi connectivity index (χ1n) is 4.66. The summed E-state index contributed by atoms with van der Waals surface area (Å²) in [6.45, 7) is 0. The molecule has 0 amide bonds.